The van der Waals surface area contributed by atoms with Crippen molar-refractivity contribution < 1.29 is 0 Å². The van der Waals surface area contributed by atoms with E-state index >= 15 is 0 Å². The predicted octanol–water partition coefficient (Wildman–Crippen LogP) is 3.25. The predicted molar refractivity (Wildman–Crippen MR) is 72.3 cm³/mol. The smallest absolute Gasteiger partial charge is 0.109 e. The van der Waals surface area contributed by atoms with Gasteiger partial charge in [-0.15, -0.1) is 5.10 Å². The molecule has 0 N–H and O–H groups in total. The number of allylic oxidation sites excluding steroid dienone is 4. The van der Waals surface area contributed by atoms with E-state index in [4.69, 9.17) is 0 Å². The van der Waals surface area contributed by atoms with Gasteiger partial charge in [0.2, 0.25) is 0 Å². The molecule has 0 amide bonds. The largest absolute Gasteiger partial charge is 0.220 e. The molecule has 1 aromatic carbocycles. The van der Waals surface area contributed by atoms with Gasteiger partial charge in [0.05, 0.1) is 11.9 Å². The third-order valence-corrected chi connectivity index (χ3v) is 3.12. The number of para-hydroxylation sites is 1. The summed E-state index contributed by atoms with van der Waals surface area (Å²) in [5.41, 5.74) is 3.26. The van der Waals surface area contributed by atoms with Crippen molar-refractivity contribution in [2.24, 2.45) is 5.92 Å². The van der Waals surface area contributed by atoms with Crippen molar-refractivity contribution in [3.05, 3.63) is 60.5 Å². The van der Waals surface area contributed by atoms with Crippen LogP contribution < -0.4 is 0 Å². The second kappa shape index (κ2) is 4.61. The Balaban J connectivity index is 1.91. The maximum absolute atomic E-state index is 4.26. The van der Waals surface area contributed by atoms with E-state index in [2.05, 4.69) is 35.5 Å². The van der Waals surface area contributed by atoms with Crippen LogP contribution in [0.1, 0.15) is 19.0 Å². The number of hydrogen-bond acceptors (Lipinski definition) is 2. The van der Waals surface area contributed by atoms with Gasteiger partial charge in [0.25, 0.3) is 0 Å². The summed E-state index contributed by atoms with van der Waals surface area (Å²) in [6.07, 6.45) is 9.46. The third-order valence-electron chi connectivity index (χ3n) is 3.12. The van der Waals surface area contributed by atoms with Crippen LogP contribution in [0.25, 0.3) is 11.3 Å². The molecule has 0 bridgehead atoms. The van der Waals surface area contributed by atoms with Gasteiger partial charge in [0, 0.05) is 0 Å². The average molecular weight is 237 g/mol. The van der Waals surface area contributed by atoms with Crippen molar-refractivity contribution in [2.45, 2.75) is 13.3 Å². The van der Waals surface area contributed by atoms with Gasteiger partial charge in [-0.05, 0) is 30.0 Å². The maximum atomic E-state index is 4.26. The van der Waals surface area contributed by atoms with Crippen molar-refractivity contribution in [1.82, 2.24) is 15.0 Å². The summed E-state index contributed by atoms with van der Waals surface area (Å²) in [6.45, 7) is 2.21. The van der Waals surface area contributed by atoms with Crippen molar-refractivity contribution >= 4 is 5.57 Å². The monoisotopic (exact) mass is 237 g/mol. The van der Waals surface area contributed by atoms with Crippen molar-refractivity contribution in [2.75, 3.05) is 0 Å². The Labute approximate surface area is 106 Å². The molecule has 1 aromatic heterocycles. The van der Waals surface area contributed by atoms with Gasteiger partial charge in [0.15, 0.2) is 0 Å². The van der Waals surface area contributed by atoms with Crippen LogP contribution in [0.15, 0.2) is 54.8 Å². The molecule has 3 rings (SSSR count). The van der Waals surface area contributed by atoms with Crippen LogP contribution in [0.3, 0.4) is 0 Å². The SMILES string of the molecule is CC1C=CC=C(c2cn(-c3ccccc3)nn2)C1. The summed E-state index contributed by atoms with van der Waals surface area (Å²) in [4.78, 5) is 0. The normalized spacial score (nSPS) is 18.7. The van der Waals surface area contributed by atoms with Crippen LogP contribution in [-0.4, -0.2) is 15.0 Å². The molecule has 3 heteroatoms. The molecule has 1 atom stereocenters. The molecule has 0 aliphatic heterocycles. The summed E-state index contributed by atoms with van der Waals surface area (Å²) in [5.74, 6) is 0.576. The number of hydrogen-bond donors (Lipinski definition) is 0. The first-order valence-electron chi connectivity index (χ1n) is 6.18. The summed E-state index contributed by atoms with van der Waals surface area (Å²) in [7, 11) is 0. The van der Waals surface area contributed by atoms with Crippen molar-refractivity contribution in [1.29, 1.82) is 0 Å². The number of aromatic nitrogens is 3. The highest BCUT2D eigenvalue weighted by molar-refractivity contribution is 5.65. The first kappa shape index (κ1) is 11.0. The summed E-state index contributed by atoms with van der Waals surface area (Å²) in [5, 5.41) is 8.45. The Bertz CT molecular complexity index is 593. The molecule has 1 heterocycles. The lowest BCUT2D eigenvalue weighted by Crippen LogP contribution is -1.97. The number of nitrogens with zero attached hydrogens (tertiary/aromatic N) is 3. The molecule has 0 fully saturated rings. The minimum atomic E-state index is 0.576. The lowest BCUT2D eigenvalue weighted by atomic mass is 9.94. The molecule has 2 aromatic rings. The topological polar surface area (TPSA) is 30.7 Å². The number of rotatable bonds is 2. The Morgan fingerprint density at radius 1 is 1.22 bits per heavy atom. The van der Waals surface area contributed by atoms with E-state index in [1.165, 1.54) is 5.57 Å². The van der Waals surface area contributed by atoms with Crippen molar-refractivity contribution in [3.8, 4) is 5.69 Å². The van der Waals surface area contributed by atoms with Gasteiger partial charge in [-0.25, -0.2) is 4.68 Å². The van der Waals surface area contributed by atoms with Gasteiger partial charge < -0.3 is 0 Å². The van der Waals surface area contributed by atoms with E-state index in [0.717, 1.165) is 17.8 Å². The molecule has 18 heavy (non-hydrogen) atoms. The first-order valence-corrected chi connectivity index (χ1v) is 6.18. The highest BCUT2D eigenvalue weighted by Crippen LogP contribution is 2.25. The summed E-state index contributed by atoms with van der Waals surface area (Å²) >= 11 is 0. The van der Waals surface area contributed by atoms with Crippen LogP contribution >= 0.6 is 0 Å². The lowest BCUT2D eigenvalue weighted by molar-refractivity contribution is 0.745. The van der Waals surface area contributed by atoms with Crippen LogP contribution in [-0.2, 0) is 0 Å². The fraction of sp³-hybridized carbons (Fsp3) is 0.200. The van der Waals surface area contributed by atoms with E-state index in [-0.39, 0.29) is 0 Å². The molecule has 1 aliphatic carbocycles. The van der Waals surface area contributed by atoms with Gasteiger partial charge in [-0.1, -0.05) is 48.6 Å². The fourth-order valence-corrected chi connectivity index (χ4v) is 2.15. The molecular weight excluding hydrogens is 222 g/mol. The molecule has 0 saturated heterocycles. The molecule has 0 radical (unpaired) electrons. The maximum Gasteiger partial charge on any atom is 0.109 e. The van der Waals surface area contributed by atoms with Crippen molar-refractivity contribution in [3.63, 3.8) is 0 Å². The molecule has 90 valence electrons. The van der Waals surface area contributed by atoms with Crippen LogP contribution in [0.4, 0.5) is 0 Å². The zero-order valence-corrected chi connectivity index (χ0v) is 10.3. The van der Waals surface area contributed by atoms with E-state index in [9.17, 15) is 0 Å². The second-order valence-electron chi connectivity index (χ2n) is 4.64. The Morgan fingerprint density at radius 3 is 2.83 bits per heavy atom. The van der Waals surface area contributed by atoms with Crippen LogP contribution in [0, 0.1) is 5.92 Å². The minimum Gasteiger partial charge on any atom is -0.220 e. The standard InChI is InChI=1S/C15H15N3/c1-12-6-5-7-13(10-12)15-11-18(17-16-15)14-8-3-2-4-9-14/h2-9,11-12H,10H2,1H3. The lowest BCUT2D eigenvalue weighted by Gasteiger charge is -2.11. The molecule has 0 saturated carbocycles. The van der Waals surface area contributed by atoms with Gasteiger partial charge in [0.1, 0.15) is 5.69 Å². The molecule has 1 aliphatic rings. The quantitative estimate of drug-likeness (QED) is 0.802. The highest BCUT2D eigenvalue weighted by Gasteiger charge is 2.12. The van der Waals surface area contributed by atoms with E-state index in [1.54, 1.807) is 0 Å². The van der Waals surface area contributed by atoms with E-state index < -0.39 is 0 Å². The average Bonchev–Trinajstić information content (AvgIpc) is 2.89. The minimum absolute atomic E-state index is 0.576. The Hall–Kier alpha value is -2.16. The third kappa shape index (κ3) is 2.12. The van der Waals surface area contributed by atoms with Gasteiger partial charge >= 0.3 is 0 Å². The molecule has 1 unspecified atom stereocenters. The zero-order chi connectivity index (χ0) is 12.4. The first-order chi connectivity index (χ1) is 8.83. The zero-order valence-electron chi connectivity index (χ0n) is 10.3. The highest BCUT2D eigenvalue weighted by atomic mass is 15.4. The molecule has 3 nitrogen and oxygen atoms in total. The molecular formula is C15H15N3. The summed E-state index contributed by atoms with van der Waals surface area (Å²) in [6, 6.07) is 10.0. The van der Waals surface area contributed by atoms with E-state index in [1.807, 2.05) is 41.2 Å². The van der Waals surface area contributed by atoms with Gasteiger partial charge in [-0.3, -0.25) is 0 Å². The molecule has 0 spiro atoms. The van der Waals surface area contributed by atoms with Crippen LogP contribution in [0.5, 0.6) is 0 Å². The van der Waals surface area contributed by atoms with Gasteiger partial charge in [-0.2, -0.15) is 0 Å². The number of benzene rings is 1. The Kier molecular flexibility index (Phi) is 2.81. The second-order valence-corrected chi connectivity index (χ2v) is 4.64. The fourth-order valence-electron chi connectivity index (χ4n) is 2.15. The summed E-state index contributed by atoms with van der Waals surface area (Å²) < 4.78 is 1.82. The van der Waals surface area contributed by atoms with E-state index in [0.29, 0.717) is 5.92 Å². The Morgan fingerprint density at radius 2 is 2.06 bits per heavy atom. The van der Waals surface area contributed by atoms with Crippen LogP contribution in [0.2, 0.25) is 0 Å².